The second kappa shape index (κ2) is 9.48. The molecule has 0 aromatic carbocycles. The number of esters is 1. The number of nitrogens with zero attached hydrogens (tertiary/aromatic N) is 2. The summed E-state index contributed by atoms with van der Waals surface area (Å²) in [6.07, 6.45) is 10.1. The molecule has 19 heavy (non-hydrogen) atoms. The van der Waals surface area contributed by atoms with Gasteiger partial charge in [0.05, 0.1) is 24.6 Å². The largest absolute Gasteiger partial charge is 0.462 e. The van der Waals surface area contributed by atoms with E-state index < -0.39 is 0 Å². The van der Waals surface area contributed by atoms with E-state index in [0.29, 0.717) is 12.2 Å². The first kappa shape index (κ1) is 15.6. The zero-order valence-corrected chi connectivity index (χ0v) is 12.0. The smallest absolute Gasteiger partial charge is 0.339 e. The van der Waals surface area contributed by atoms with E-state index in [4.69, 9.17) is 4.74 Å². The van der Waals surface area contributed by atoms with Crippen LogP contribution in [-0.2, 0) is 4.74 Å². The van der Waals surface area contributed by atoms with Gasteiger partial charge in [-0.25, -0.2) is 4.79 Å². The quantitative estimate of drug-likeness (QED) is 0.505. The summed E-state index contributed by atoms with van der Waals surface area (Å²) in [7, 11) is 0. The molecule has 4 nitrogen and oxygen atoms in total. The van der Waals surface area contributed by atoms with Crippen LogP contribution < -0.4 is 0 Å². The molecular formula is C15H24N2O2. The average molecular weight is 264 g/mol. The van der Waals surface area contributed by atoms with E-state index in [-0.39, 0.29) is 5.97 Å². The van der Waals surface area contributed by atoms with Crippen LogP contribution in [0.3, 0.4) is 0 Å². The molecule has 0 saturated heterocycles. The second-order valence-corrected chi connectivity index (χ2v) is 5.22. The first-order valence-electron chi connectivity index (χ1n) is 7.14. The molecule has 1 aromatic rings. The van der Waals surface area contributed by atoms with Crippen molar-refractivity contribution in [3.8, 4) is 0 Å². The number of carbonyl (C=O) groups excluding carboxylic acids is 1. The van der Waals surface area contributed by atoms with Crippen molar-refractivity contribution >= 4 is 5.97 Å². The van der Waals surface area contributed by atoms with E-state index in [1.807, 2.05) is 0 Å². The van der Waals surface area contributed by atoms with Gasteiger partial charge in [0.15, 0.2) is 0 Å². The third-order valence-corrected chi connectivity index (χ3v) is 2.98. The molecule has 0 aliphatic carbocycles. The maximum atomic E-state index is 11.6. The first-order chi connectivity index (χ1) is 9.20. The minimum absolute atomic E-state index is 0.310. The number of ether oxygens (including phenoxy) is 1. The minimum atomic E-state index is -0.310. The molecule has 0 saturated carbocycles. The molecule has 1 heterocycles. The van der Waals surface area contributed by atoms with Crippen LogP contribution in [0.5, 0.6) is 0 Å². The van der Waals surface area contributed by atoms with Crippen LogP contribution in [0.4, 0.5) is 0 Å². The lowest BCUT2D eigenvalue weighted by Crippen LogP contribution is -2.07. The van der Waals surface area contributed by atoms with Crippen molar-refractivity contribution < 1.29 is 9.53 Å². The lowest BCUT2D eigenvalue weighted by molar-refractivity contribution is 0.0497. The van der Waals surface area contributed by atoms with Crippen molar-refractivity contribution in [2.45, 2.75) is 52.4 Å². The van der Waals surface area contributed by atoms with Gasteiger partial charge in [-0.3, -0.25) is 0 Å². The molecule has 106 valence electrons. The van der Waals surface area contributed by atoms with Crippen molar-refractivity contribution in [1.82, 2.24) is 10.2 Å². The number of aromatic nitrogens is 2. The number of unbranched alkanes of at least 4 members (excludes halogenated alkanes) is 4. The second-order valence-electron chi connectivity index (χ2n) is 5.22. The third-order valence-electron chi connectivity index (χ3n) is 2.98. The number of carbonyl (C=O) groups is 1. The third kappa shape index (κ3) is 7.54. The Morgan fingerprint density at radius 3 is 2.58 bits per heavy atom. The molecule has 0 unspecified atom stereocenters. The van der Waals surface area contributed by atoms with Crippen LogP contribution in [0.15, 0.2) is 18.5 Å². The minimum Gasteiger partial charge on any atom is -0.462 e. The molecule has 0 spiro atoms. The lowest BCUT2D eigenvalue weighted by atomic mass is 10.0. The molecular weight excluding hydrogens is 240 g/mol. The Kier molecular flexibility index (Phi) is 7.78. The van der Waals surface area contributed by atoms with Crippen LogP contribution in [-0.4, -0.2) is 22.8 Å². The van der Waals surface area contributed by atoms with Crippen molar-refractivity contribution in [1.29, 1.82) is 0 Å². The van der Waals surface area contributed by atoms with Crippen molar-refractivity contribution in [3.63, 3.8) is 0 Å². The normalized spacial score (nSPS) is 10.7. The van der Waals surface area contributed by atoms with Crippen molar-refractivity contribution in [2.24, 2.45) is 5.92 Å². The van der Waals surface area contributed by atoms with Gasteiger partial charge in [-0.2, -0.15) is 10.2 Å². The summed E-state index contributed by atoms with van der Waals surface area (Å²) in [5.41, 5.74) is 0.465. The van der Waals surface area contributed by atoms with Crippen LogP contribution in [0, 0.1) is 5.92 Å². The zero-order valence-electron chi connectivity index (χ0n) is 12.0. The Morgan fingerprint density at radius 1 is 1.16 bits per heavy atom. The summed E-state index contributed by atoms with van der Waals surface area (Å²) in [6.45, 7) is 5.01. The summed E-state index contributed by atoms with van der Waals surface area (Å²) in [5.74, 6) is 0.490. The van der Waals surface area contributed by atoms with E-state index in [1.165, 1.54) is 38.1 Å². The Morgan fingerprint density at radius 2 is 1.89 bits per heavy atom. The average Bonchev–Trinajstić information content (AvgIpc) is 2.42. The fourth-order valence-corrected chi connectivity index (χ4v) is 1.84. The van der Waals surface area contributed by atoms with Crippen LogP contribution >= 0.6 is 0 Å². The molecule has 0 fully saturated rings. The molecule has 0 bridgehead atoms. The maximum absolute atomic E-state index is 11.6. The van der Waals surface area contributed by atoms with Gasteiger partial charge in [-0.05, 0) is 18.4 Å². The number of hydrogen-bond donors (Lipinski definition) is 0. The fourth-order valence-electron chi connectivity index (χ4n) is 1.84. The highest BCUT2D eigenvalue weighted by atomic mass is 16.5. The highest BCUT2D eigenvalue weighted by molar-refractivity contribution is 5.88. The fraction of sp³-hybridized carbons (Fsp3) is 0.667. The Hall–Kier alpha value is -1.45. The molecule has 0 aliphatic rings. The monoisotopic (exact) mass is 264 g/mol. The van der Waals surface area contributed by atoms with Crippen molar-refractivity contribution in [3.05, 3.63) is 24.0 Å². The maximum Gasteiger partial charge on any atom is 0.339 e. The summed E-state index contributed by atoms with van der Waals surface area (Å²) in [6, 6.07) is 1.61. The molecule has 0 atom stereocenters. The molecule has 1 rings (SSSR count). The SMILES string of the molecule is CC(C)CCCCCCCOC(=O)c1ccnnc1. The van der Waals surface area contributed by atoms with Gasteiger partial charge in [-0.1, -0.05) is 46.0 Å². The van der Waals surface area contributed by atoms with Gasteiger partial charge in [0.25, 0.3) is 0 Å². The summed E-state index contributed by atoms with van der Waals surface area (Å²) < 4.78 is 5.17. The first-order valence-corrected chi connectivity index (χ1v) is 7.14. The predicted molar refractivity (Wildman–Crippen MR) is 74.9 cm³/mol. The van der Waals surface area contributed by atoms with Gasteiger partial charge in [-0.15, -0.1) is 0 Å². The van der Waals surface area contributed by atoms with E-state index in [2.05, 4.69) is 24.0 Å². The molecule has 0 aliphatic heterocycles. The highest BCUT2D eigenvalue weighted by Gasteiger charge is 2.06. The van der Waals surface area contributed by atoms with Crippen LogP contribution in [0.25, 0.3) is 0 Å². The molecule has 1 aromatic heterocycles. The molecule has 0 amide bonds. The Labute approximate surface area is 115 Å². The summed E-state index contributed by atoms with van der Waals surface area (Å²) >= 11 is 0. The molecule has 4 heteroatoms. The van der Waals surface area contributed by atoms with Gasteiger partial charge < -0.3 is 4.74 Å². The van der Waals surface area contributed by atoms with Gasteiger partial charge in [0, 0.05) is 0 Å². The van der Waals surface area contributed by atoms with E-state index in [0.717, 1.165) is 18.8 Å². The van der Waals surface area contributed by atoms with Gasteiger partial charge in [0.1, 0.15) is 0 Å². The van der Waals surface area contributed by atoms with Crippen LogP contribution in [0.1, 0.15) is 62.7 Å². The summed E-state index contributed by atoms with van der Waals surface area (Å²) in [5, 5.41) is 7.27. The zero-order chi connectivity index (χ0) is 13.9. The van der Waals surface area contributed by atoms with Gasteiger partial charge in [0.2, 0.25) is 0 Å². The highest BCUT2D eigenvalue weighted by Crippen LogP contribution is 2.10. The van der Waals surface area contributed by atoms with Crippen LogP contribution in [0.2, 0.25) is 0 Å². The molecule has 0 N–H and O–H groups in total. The lowest BCUT2D eigenvalue weighted by Gasteiger charge is -2.05. The topological polar surface area (TPSA) is 52.1 Å². The standard InChI is InChI=1S/C15H24N2O2/c1-13(2)8-6-4-3-5-7-11-19-15(18)14-9-10-16-17-12-14/h9-10,12-13H,3-8,11H2,1-2H3. The molecule has 0 radical (unpaired) electrons. The summed E-state index contributed by atoms with van der Waals surface area (Å²) in [4.78, 5) is 11.6. The Balaban J connectivity index is 1.98. The van der Waals surface area contributed by atoms with Crippen molar-refractivity contribution in [2.75, 3.05) is 6.61 Å². The van der Waals surface area contributed by atoms with E-state index >= 15 is 0 Å². The predicted octanol–water partition coefficient (Wildman–Crippen LogP) is 3.63. The Bertz CT molecular complexity index is 352. The van der Waals surface area contributed by atoms with E-state index in [9.17, 15) is 4.79 Å². The number of hydrogen-bond acceptors (Lipinski definition) is 4. The number of rotatable bonds is 9. The van der Waals surface area contributed by atoms with Gasteiger partial charge >= 0.3 is 5.97 Å². The van der Waals surface area contributed by atoms with E-state index in [1.54, 1.807) is 6.07 Å².